The van der Waals surface area contributed by atoms with E-state index in [0.29, 0.717) is 24.4 Å². The molecule has 0 unspecified atom stereocenters. The average Bonchev–Trinajstić information content (AvgIpc) is 2.81. The monoisotopic (exact) mass is 473 g/mol. The minimum atomic E-state index is -3.45. The van der Waals surface area contributed by atoms with Crippen molar-refractivity contribution >= 4 is 21.6 Å². The fourth-order valence-electron chi connectivity index (χ4n) is 4.12. The van der Waals surface area contributed by atoms with Crippen molar-refractivity contribution in [1.82, 2.24) is 10.2 Å². The van der Waals surface area contributed by atoms with Gasteiger partial charge in [-0.3, -0.25) is 14.0 Å². The molecule has 0 bridgehead atoms. The largest absolute Gasteiger partial charge is 0.497 e. The number of rotatable bonds is 11. The quantitative estimate of drug-likeness (QED) is 0.540. The van der Waals surface area contributed by atoms with Crippen molar-refractivity contribution in [2.24, 2.45) is 0 Å². The lowest BCUT2D eigenvalue weighted by atomic mass is 10.1. The van der Waals surface area contributed by atoms with Crippen LogP contribution in [0.2, 0.25) is 0 Å². The molecule has 0 radical (unpaired) electrons. The van der Waals surface area contributed by atoms with Crippen molar-refractivity contribution in [3.63, 3.8) is 0 Å². The SMILES string of the molecule is COc1ccc(N(CCCC(=O)NCc2cccc(CN3CCCCC3)c2)S(C)(=O)=O)cc1. The zero-order valence-electron chi connectivity index (χ0n) is 19.6. The second-order valence-electron chi connectivity index (χ2n) is 8.57. The highest BCUT2D eigenvalue weighted by atomic mass is 32.2. The number of carbonyl (C=O) groups excluding carboxylic acids is 1. The van der Waals surface area contributed by atoms with Crippen LogP contribution >= 0.6 is 0 Å². The van der Waals surface area contributed by atoms with Gasteiger partial charge in [-0.25, -0.2) is 8.42 Å². The molecule has 3 rings (SSSR count). The Labute approximate surface area is 197 Å². The smallest absolute Gasteiger partial charge is 0.232 e. The molecule has 0 aliphatic carbocycles. The van der Waals surface area contributed by atoms with Gasteiger partial charge in [0.15, 0.2) is 0 Å². The zero-order chi connectivity index (χ0) is 23.7. The van der Waals surface area contributed by atoms with Crippen molar-refractivity contribution in [3.8, 4) is 5.75 Å². The molecular weight excluding hydrogens is 438 g/mol. The third-order valence-electron chi connectivity index (χ3n) is 5.86. The number of benzene rings is 2. The van der Waals surface area contributed by atoms with Gasteiger partial charge in [0.2, 0.25) is 15.9 Å². The van der Waals surface area contributed by atoms with Crippen LogP contribution < -0.4 is 14.4 Å². The molecule has 0 spiro atoms. The van der Waals surface area contributed by atoms with E-state index >= 15 is 0 Å². The van der Waals surface area contributed by atoms with Crippen LogP contribution in [0.3, 0.4) is 0 Å². The second-order valence-corrected chi connectivity index (χ2v) is 10.5. The van der Waals surface area contributed by atoms with E-state index in [-0.39, 0.29) is 18.9 Å². The Morgan fingerprint density at radius 2 is 1.76 bits per heavy atom. The van der Waals surface area contributed by atoms with Gasteiger partial charge in [0.25, 0.3) is 0 Å². The fourth-order valence-corrected chi connectivity index (χ4v) is 5.09. The van der Waals surface area contributed by atoms with Crippen LogP contribution in [-0.4, -0.2) is 52.2 Å². The molecule has 8 heteroatoms. The number of methoxy groups -OCH3 is 1. The molecule has 33 heavy (non-hydrogen) atoms. The van der Waals surface area contributed by atoms with Crippen LogP contribution in [0.1, 0.15) is 43.2 Å². The minimum Gasteiger partial charge on any atom is -0.497 e. The Kier molecular flexibility index (Phi) is 9.14. The predicted octanol–water partition coefficient (Wildman–Crippen LogP) is 3.54. The summed E-state index contributed by atoms with van der Waals surface area (Å²) in [5.74, 6) is 0.575. The average molecular weight is 474 g/mol. The maximum Gasteiger partial charge on any atom is 0.232 e. The summed E-state index contributed by atoms with van der Waals surface area (Å²) >= 11 is 0. The van der Waals surface area contributed by atoms with Gasteiger partial charge in [-0.15, -0.1) is 0 Å². The lowest BCUT2D eigenvalue weighted by molar-refractivity contribution is -0.121. The molecule has 0 saturated carbocycles. The Morgan fingerprint density at radius 1 is 1.06 bits per heavy atom. The lowest BCUT2D eigenvalue weighted by Gasteiger charge is -2.26. The number of nitrogens with one attached hydrogen (secondary N) is 1. The molecule has 1 heterocycles. The summed E-state index contributed by atoms with van der Waals surface area (Å²) in [4.78, 5) is 14.8. The highest BCUT2D eigenvalue weighted by Crippen LogP contribution is 2.22. The number of ether oxygens (including phenoxy) is 1. The molecule has 1 fully saturated rings. The van der Waals surface area contributed by atoms with Gasteiger partial charge >= 0.3 is 0 Å². The molecule has 2 aromatic rings. The Bertz CT molecular complexity index is 1000. The van der Waals surface area contributed by atoms with Gasteiger partial charge in [0.05, 0.1) is 19.1 Å². The molecule has 1 amide bonds. The molecule has 1 N–H and O–H groups in total. The van der Waals surface area contributed by atoms with Gasteiger partial charge < -0.3 is 10.1 Å². The van der Waals surface area contributed by atoms with E-state index in [2.05, 4.69) is 22.3 Å². The molecule has 180 valence electrons. The van der Waals surface area contributed by atoms with E-state index in [1.54, 1.807) is 31.4 Å². The summed E-state index contributed by atoms with van der Waals surface area (Å²) in [5.41, 5.74) is 2.91. The number of nitrogens with zero attached hydrogens (tertiary/aromatic N) is 2. The highest BCUT2D eigenvalue weighted by molar-refractivity contribution is 7.92. The number of anilines is 1. The third kappa shape index (κ3) is 8.05. The number of amides is 1. The Morgan fingerprint density at radius 3 is 2.42 bits per heavy atom. The molecule has 0 atom stereocenters. The fraction of sp³-hybridized carbons (Fsp3) is 0.480. The summed E-state index contributed by atoms with van der Waals surface area (Å²) in [6.45, 7) is 3.98. The predicted molar refractivity (Wildman–Crippen MR) is 132 cm³/mol. The van der Waals surface area contributed by atoms with Crippen molar-refractivity contribution in [3.05, 3.63) is 59.7 Å². The van der Waals surface area contributed by atoms with Crippen LogP contribution in [0.25, 0.3) is 0 Å². The first-order valence-electron chi connectivity index (χ1n) is 11.5. The van der Waals surface area contributed by atoms with Gasteiger partial charge in [-0.2, -0.15) is 0 Å². The number of hydrogen-bond donors (Lipinski definition) is 1. The number of piperidine rings is 1. The van der Waals surface area contributed by atoms with E-state index in [0.717, 1.165) is 25.2 Å². The van der Waals surface area contributed by atoms with Crippen LogP contribution in [0, 0.1) is 0 Å². The molecular formula is C25H35N3O4S. The molecule has 0 aromatic heterocycles. The summed E-state index contributed by atoms with van der Waals surface area (Å²) < 4.78 is 30.9. The summed E-state index contributed by atoms with van der Waals surface area (Å²) in [6.07, 6.45) is 5.73. The molecule has 1 saturated heterocycles. The van der Waals surface area contributed by atoms with E-state index in [4.69, 9.17) is 4.74 Å². The highest BCUT2D eigenvalue weighted by Gasteiger charge is 2.18. The standard InChI is InChI=1S/C25H35N3O4S/c1-32-24-13-11-23(12-14-24)28(33(2,30)31)17-7-10-25(29)26-19-21-8-6-9-22(18-21)20-27-15-4-3-5-16-27/h6,8-9,11-14,18H,3-5,7,10,15-17,19-20H2,1-2H3,(H,26,29). The summed E-state index contributed by atoms with van der Waals surface area (Å²) in [6, 6.07) is 15.2. The van der Waals surface area contributed by atoms with Crippen LogP contribution in [-0.2, 0) is 27.9 Å². The van der Waals surface area contributed by atoms with E-state index in [9.17, 15) is 13.2 Å². The van der Waals surface area contributed by atoms with Crippen LogP contribution in [0.4, 0.5) is 5.69 Å². The number of hydrogen-bond acceptors (Lipinski definition) is 5. The third-order valence-corrected chi connectivity index (χ3v) is 7.06. The van der Waals surface area contributed by atoms with E-state index in [1.165, 1.54) is 35.4 Å². The second kappa shape index (κ2) is 12.0. The van der Waals surface area contributed by atoms with Crippen LogP contribution in [0.15, 0.2) is 48.5 Å². The first-order chi connectivity index (χ1) is 15.8. The number of sulfonamides is 1. The maximum absolute atomic E-state index is 12.4. The normalized spacial score (nSPS) is 14.6. The van der Waals surface area contributed by atoms with Crippen molar-refractivity contribution in [1.29, 1.82) is 0 Å². The van der Waals surface area contributed by atoms with Crippen molar-refractivity contribution in [2.45, 2.75) is 45.2 Å². The number of carbonyl (C=O) groups is 1. The molecule has 7 nitrogen and oxygen atoms in total. The first-order valence-corrected chi connectivity index (χ1v) is 13.4. The van der Waals surface area contributed by atoms with Gasteiger partial charge in [-0.05, 0) is 67.7 Å². The Balaban J connectivity index is 1.46. The maximum atomic E-state index is 12.4. The Hall–Kier alpha value is -2.58. The zero-order valence-corrected chi connectivity index (χ0v) is 20.4. The van der Waals surface area contributed by atoms with E-state index in [1.807, 2.05) is 12.1 Å². The van der Waals surface area contributed by atoms with Gasteiger partial charge in [0, 0.05) is 26.1 Å². The molecule has 1 aliphatic heterocycles. The first kappa shape index (κ1) is 25.1. The summed E-state index contributed by atoms with van der Waals surface area (Å²) in [5, 5.41) is 2.96. The number of likely N-dealkylation sites (tertiary alicyclic amines) is 1. The molecule has 2 aromatic carbocycles. The minimum absolute atomic E-state index is 0.0837. The molecule has 1 aliphatic rings. The topological polar surface area (TPSA) is 79.0 Å². The van der Waals surface area contributed by atoms with Crippen molar-refractivity contribution < 1.29 is 17.9 Å². The van der Waals surface area contributed by atoms with Crippen molar-refractivity contribution in [2.75, 3.05) is 37.3 Å². The summed E-state index contributed by atoms with van der Waals surface area (Å²) in [7, 11) is -1.89. The van der Waals surface area contributed by atoms with E-state index < -0.39 is 10.0 Å². The van der Waals surface area contributed by atoms with Crippen LogP contribution in [0.5, 0.6) is 5.75 Å². The van der Waals surface area contributed by atoms with Gasteiger partial charge in [0.1, 0.15) is 5.75 Å². The lowest BCUT2D eigenvalue weighted by Crippen LogP contribution is -2.32. The van der Waals surface area contributed by atoms with Gasteiger partial charge in [-0.1, -0.05) is 30.7 Å².